The number of aliphatic hydroxyl groups is 1. The van der Waals surface area contributed by atoms with Crippen molar-refractivity contribution in [1.82, 2.24) is 4.98 Å². The highest BCUT2D eigenvalue weighted by atomic mass is 19.1. The smallest absolute Gasteiger partial charge is 0.303 e. The van der Waals surface area contributed by atoms with Crippen molar-refractivity contribution in [3.05, 3.63) is 77.0 Å². The summed E-state index contributed by atoms with van der Waals surface area (Å²) >= 11 is 0. The van der Waals surface area contributed by atoms with Gasteiger partial charge in [0.2, 0.25) is 5.88 Å². The van der Waals surface area contributed by atoms with E-state index >= 15 is 8.78 Å². The lowest BCUT2D eigenvalue weighted by atomic mass is 9.58. The summed E-state index contributed by atoms with van der Waals surface area (Å²) in [7, 11) is 1.45. The molecule has 0 radical (unpaired) electrons. The normalized spacial score (nSPS) is 13.1. The van der Waals surface area contributed by atoms with E-state index in [1.165, 1.54) is 19.2 Å². The molecule has 1 unspecified atom stereocenters. The molecule has 1 atom stereocenters. The van der Waals surface area contributed by atoms with Crippen molar-refractivity contribution >= 4 is 5.97 Å². The van der Waals surface area contributed by atoms with Crippen LogP contribution in [0.4, 0.5) is 8.78 Å². The van der Waals surface area contributed by atoms with Crippen LogP contribution in [0.15, 0.2) is 48.7 Å². The Morgan fingerprint density at radius 2 is 1.66 bits per heavy atom. The number of nitrogens with zero attached hydrogens (tertiary/aromatic N) is 1. The number of pyridine rings is 1. The number of halogens is 2. The summed E-state index contributed by atoms with van der Waals surface area (Å²) in [6, 6.07) is 11.5. The minimum atomic E-state index is -1.44. The van der Waals surface area contributed by atoms with Gasteiger partial charge in [-0.3, -0.25) is 4.79 Å². The SMILES string of the molecule is CCC(CC(=O)O)c1cccc(OCc2ccc(-c3cc(OC)ncc3F)c(C(O)(C(C)(C)C)C(C)(C)C)c2)c1F. The summed E-state index contributed by atoms with van der Waals surface area (Å²) in [5, 5.41) is 21.7. The van der Waals surface area contributed by atoms with Gasteiger partial charge in [0.05, 0.1) is 25.3 Å². The first kappa shape index (κ1) is 32.0. The predicted molar refractivity (Wildman–Crippen MR) is 155 cm³/mol. The van der Waals surface area contributed by atoms with E-state index in [9.17, 15) is 15.0 Å². The Balaban J connectivity index is 2.13. The van der Waals surface area contributed by atoms with Crippen molar-refractivity contribution < 1.29 is 33.3 Å². The van der Waals surface area contributed by atoms with Crippen LogP contribution >= 0.6 is 0 Å². The molecule has 0 amide bonds. The molecule has 0 aliphatic rings. The van der Waals surface area contributed by atoms with Gasteiger partial charge in [-0.15, -0.1) is 0 Å². The van der Waals surface area contributed by atoms with Gasteiger partial charge in [-0.1, -0.05) is 72.7 Å². The Morgan fingerprint density at radius 3 is 2.22 bits per heavy atom. The number of aromatic nitrogens is 1. The van der Waals surface area contributed by atoms with Gasteiger partial charge in [0.25, 0.3) is 0 Å². The predicted octanol–water partition coefficient (Wildman–Crippen LogP) is 7.86. The van der Waals surface area contributed by atoms with Crippen LogP contribution in [-0.2, 0) is 17.0 Å². The number of aliphatic carboxylic acids is 1. The summed E-state index contributed by atoms with van der Waals surface area (Å²) in [6.45, 7) is 13.3. The molecule has 1 aromatic heterocycles. The van der Waals surface area contributed by atoms with Crippen molar-refractivity contribution in [3.8, 4) is 22.8 Å². The largest absolute Gasteiger partial charge is 0.486 e. The van der Waals surface area contributed by atoms with Gasteiger partial charge in [-0.2, -0.15) is 0 Å². The molecule has 0 saturated carbocycles. The maximum Gasteiger partial charge on any atom is 0.303 e. The second kappa shape index (κ2) is 12.1. The average molecular weight is 570 g/mol. The van der Waals surface area contributed by atoms with E-state index in [-0.39, 0.29) is 30.2 Å². The molecule has 8 heteroatoms. The molecule has 3 rings (SSSR count). The highest BCUT2D eigenvalue weighted by molar-refractivity contribution is 5.71. The quantitative estimate of drug-likeness (QED) is 0.258. The van der Waals surface area contributed by atoms with Crippen molar-refractivity contribution in [2.24, 2.45) is 10.8 Å². The number of carboxylic acids is 1. The zero-order valence-electron chi connectivity index (χ0n) is 25.1. The topological polar surface area (TPSA) is 88.9 Å². The molecule has 3 aromatic rings. The summed E-state index contributed by atoms with van der Waals surface area (Å²) < 4.78 is 41.7. The fraction of sp³-hybridized carbons (Fsp3) is 0.455. The minimum Gasteiger partial charge on any atom is -0.486 e. The van der Waals surface area contributed by atoms with Crippen LogP contribution in [-0.4, -0.2) is 28.3 Å². The average Bonchev–Trinajstić information content (AvgIpc) is 2.89. The number of carbonyl (C=O) groups is 1. The molecule has 2 N–H and O–H groups in total. The lowest BCUT2D eigenvalue weighted by molar-refractivity contribution is -0.144. The Labute approximate surface area is 241 Å². The third-order valence-corrected chi connectivity index (χ3v) is 7.72. The van der Waals surface area contributed by atoms with Gasteiger partial charge in [-0.25, -0.2) is 13.8 Å². The molecular weight excluding hydrogens is 528 g/mol. The summed E-state index contributed by atoms with van der Waals surface area (Å²) in [6.07, 6.45) is 1.37. The van der Waals surface area contributed by atoms with Crippen LogP contribution in [0.1, 0.15) is 83.9 Å². The number of rotatable bonds is 10. The first-order chi connectivity index (χ1) is 19.0. The molecule has 6 nitrogen and oxygen atoms in total. The molecule has 0 spiro atoms. The van der Waals surface area contributed by atoms with Gasteiger partial charge in [0.15, 0.2) is 11.6 Å². The summed E-state index contributed by atoms with van der Waals surface area (Å²) in [5.74, 6) is -2.40. The van der Waals surface area contributed by atoms with Crippen LogP contribution in [0.25, 0.3) is 11.1 Å². The zero-order valence-corrected chi connectivity index (χ0v) is 25.1. The Bertz CT molecular complexity index is 1380. The van der Waals surface area contributed by atoms with Gasteiger partial charge in [0, 0.05) is 11.6 Å². The molecule has 41 heavy (non-hydrogen) atoms. The van der Waals surface area contributed by atoms with Gasteiger partial charge in [-0.05, 0) is 57.6 Å². The first-order valence-electron chi connectivity index (χ1n) is 13.7. The third-order valence-electron chi connectivity index (χ3n) is 7.72. The second-order valence-electron chi connectivity index (χ2n) is 12.4. The Morgan fingerprint density at radius 1 is 1.00 bits per heavy atom. The number of ether oxygens (including phenoxy) is 2. The standard InChI is InChI=1S/C33H41F2NO5/c1-9-21(16-29(37)38)22-11-10-12-27(30(22)35)41-19-20-13-14-23(24-17-28(40-8)36-18-26(24)34)25(15-20)33(39,31(2,3)4)32(5,6)7/h10-15,17-18,21,39H,9,16,19H2,1-8H3,(H,37,38). The second-order valence-corrected chi connectivity index (χ2v) is 12.4. The fourth-order valence-corrected chi connectivity index (χ4v) is 5.69. The number of hydrogen-bond acceptors (Lipinski definition) is 5. The van der Waals surface area contributed by atoms with Crippen LogP contribution in [0.2, 0.25) is 0 Å². The third kappa shape index (κ3) is 6.53. The molecule has 0 aliphatic carbocycles. The number of methoxy groups -OCH3 is 1. The van der Waals surface area contributed by atoms with E-state index in [0.717, 1.165) is 6.20 Å². The van der Waals surface area contributed by atoms with Crippen LogP contribution < -0.4 is 9.47 Å². The molecule has 2 aromatic carbocycles. The molecule has 0 saturated heterocycles. The Hall–Kier alpha value is -3.52. The lowest BCUT2D eigenvalue weighted by Crippen LogP contribution is -2.50. The van der Waals surface area contributed by atoms with Crippen LogP contribution in [0.3, 0.4) is 0 Å². The summed E-state index contributed by atoms with van der Waals surface area (Å²) in [4.78, 5) is 15.2. The van der Waals surface area contributed by atoms with E-state index in [2.05, 4.69) is 4.98 Å². The van der Waals surface area contributed by atoms with Gasteiger partial charge >= 0.3 is 5.97 Å². The van der Waals surface area contributed by atoms with Crippen molar-refractivity contribution in [2.45, 2.75) is 79.4 Å². The van der Waals surface area contributed by atoms with E-state index in [0.29, 0.717) is 28.7 Å². The highest BCUT2D eigenvalue weighted by Gasteiger charge is 2.51. The van der Waals surface area contributed by atoms with E-state index < -0.39 is 40.0 Å². The number of hydrogen-bond donors (Lipinski definition) is 2. The zero-order chi connectivity index (χ0) is 30.8. The van der Waals surface area contributed by atoms with Gasteiger partial charge < -0.3 is 19.7 Å². The maximum atomic E-state index is 15.4. The monoisotopic (exact) mass is 569 g/mol. The Kier molecular flexibility index (Phi) is 9.48. The number of carboxylic acid groups (broad SMARTS) is 1. The fourth-order valence-electron chi connectivity index (χ4n) is 5.69. The van der Waals surface area contributed by atoms with E-state index in [1.54, 1.807) is 30.3 Å². The van der Waals surface area contributed by atoms with E-state index in [4.69, 9.17) is 9.47 Å². The van der Waals surface area contributed by atoms with Gasteiger partial charge in [0.1, 0.15) is 12.4 Å². The maximum absolute atomic E-state index is 15.4. The first-order valence-corrected chi connectivity index (χ1v) is 13.7. The number of benzene rings is 2. The molecule has 0 fully saturated rings. The highest BCUT2D eigenvalue weighted by Crippen LogP contribution is 2.54. The summed E-state index contributed by atoms with van der Waals surface area (Å²) in [5.41, 5.74) is -0.655. The van der Waals surface area contributed by atoms with Crippen molar-refractivity contribution in [2.75, 3.05) is 7.11 Å². The molecule has 0 aliphatic heterocycles. The molecule has 0 bridgehead atoms. The van der Waals surface area contributed by atoms with Crippen LogP contribution in [0.5, 0.6) is 11.6 Å². The van der Waals surface area contributed by atoms with Crippen molar-refractivity contribution in [3.63, 3.8) is 0 Å². The van der Waals surface area contributed by atoms with Crippen LogP contribution in [0, 0.1) is 22.5 Å². The molecule has 222 valence electrons. The molecule has 1 heterocycles. The van der Waals surface area contributed by atoms with Crippen molar-refractivity contribution in [1.29, 1.82) is 0 Å². The molecular formula is C33H41F2NO5. The minimum absolute atomic E-state index is 0.00350. The van der Waals surface area contributed by atoms with E-state index in [1.807, 2.05) is 48.5 Å². The lowest BCUT2D eigenvalue weighted by Gasteiger charge is -2.51.